The van der Waals surface area contributed by atoms with E-state index in [1.54, 1.807) is 0 Å². The highest BCUT2D eigenvalue weighted by molar-refractivity contribution is 5.99. The zero-order chi connectivity index (χ0) is 13.1. The Morgan fingerprint density at radius 1 is 1.06 bits per heavy atom. The van der Waals surface area contributed by atoms with Crippen molar-refractivity contribution >= 4 is 11.8 Å². The molecule has 18 heavy (non-hydrogen) atoms. The number of rotatable bonds is 2. The summed E-state index contributed by atoms with van der Waals surface area (Å²) in [5.74, 6) is 1.12. The number of imide groups is 1. The molecule has 0 radical (unpaired) electrons. The Morgan fingerprint density at radius 3 is 2.22 bits per heavy atom. The number of hydrogen-bond donors (Lipinski definition) is 1. The second-order valence-corrected chi connectivity index (χ2v) is 6.30. The molecule has 0 aromatic heterocycles. The van der Waals surface area contributed by atoms with Gasteiger partial charge in [0.05, 0.1) is 0 Å². The van der Waals surface area contributed by atoms with Crippen molar-refractivity contribution in [3.63, 3.8) is 0 Å². The fourth-order valence-electron chi connectivity index (χ4n) is 3.80. The van der Waals surface area contributed by atoms with Crippen LogP contribution in [0.25, 0.3) is 0 Å². The number of carbonyl (C=O) groups is 2. The largest absolute Gasteiger partial charge is 0.296 e. The van der Waals surface area contributed by atoms with Crippen molar-refractivity contribution in [3.05, 3.63) is 0 Å². The molecular formula is C15H25NO2. The van der Waals surface area contributed by atoms with Crippen molar-refractivity contribution in [2.24, 2.45) is 23.7 Å². The van der Waals surface area contributed by atoms with E-state index in [0.717, 1.165) is 0 Å². The molecule has 2 rings (SSSR count). The first-order valence-electron chi connectivity index (χ1n) is 7.43. The zero-order valence-corrected chi connectivity index (χ0v) is 11.6. The van der Waals surface area contributed by atoms with E-state index in [1.807, 2.05) is 0 Å². The molecule has 2 unspecified atom stereocenters. The molecule has 2 fully saturated rings. The summed E-state index contributed by atoms with van der Waals surface area (Å²) in [5, 5.41) is 2.52. The molecule has 0 aromatic rings. The highest BCUT2D eigenvalue weighted by Gasteiger charge is 2.41. The molecule has 2 aliphatic rings. The van der Waals surface area contributed by atoms with E-state index in [-0.39, 0.29) is 23.7 Å². The molecule has 3 nitrogen and oxygen atoms in total. The SMILES string of the molecule is CC(C)C1C(=O)NC(=O)CC1C1CCCCCC1. The van der Waals surface area contributed by atoms with Gasteiger partial charge < -0.3 is 0 Å². The molecule has 1 saturated carbocycles. The summed E-state index contributed by atoms with van der Waals surface area (Å²) < 4.78 is 0. The average Bonchev–Trinajstić information content (AvgIpc) is 2.55. The molecule has 0 spiro atoms. The highest BCUT2D eigenvalue weighted by Crippen LogP contribution is 2.39. The summed E-state index contributed by atoms with van der Waals surface area (Å²) >= 11 is 0. The third-order valence-corrected chi connectivity index (χ3v) is 4.67. The van der Waals surface area contributed by atoms with Crippen molar-refractivity contribution in [2.45, 2.75) is 58.8 Å². The highest BCUT2D eigenvalue weighted by atomic mass is 16.2. The standard InChI is InChI=1S/C15H25NO2/c1-10(2)14-12(9-13(17)16-15(14)18)11-7-5-3-4-6-8-11/h10-12,14H,3-9H2,1-2H3,(H,16,17,18). The third kappa shape index (κ3) is 2.93. The Kier molecular flexibility index (Phi) is 4.41. The second kappa shape index (κ2) is 5.85. The van der Waals surface area contributed by atoms with Crippen molar-refractivity contribution < 1.29 is 9.59 Å². The molecule has 1 aliphatic heterocycles. The van der Waals surface area contributed by atoms with Crippen LogP contribution in [0.4, 0.5) is 0 Å². The molecule has 2 atom stereocenters. The number of nitrogens with one attached hydrogen (secondary N) is 1. The second-order valence-electron chi connectivity index (χ2n) is 6.30. The van der Waals surface area contributed by atoms with Crippen LogP contribution in [0.3, 0.4) is 0 Å². The predicted molar refractivity (Wildman–Crippen MR) is 70.8 cm³/mol. The smallest absolute Gasteiger partial charge is 0.230 e. The van der Waals surface area contributed by atoms with Gasteiger partial charge in [-0.1, -0.05) is 52.4 Å². The van der Waals surface area contributed by atoms with Gasteiger partial charge >= 0.3 is 0 Å². The lowest BCUT2D eigenvalue weighted by atomic mass is 9.69. The molecule has 1 heterocycles. The summed E-state index contributed by atoms with van der Waals surface area (Å²) in [6.45, 7) is 4.20. The van der Waals surface area contributed by atoms with E-state index < -0.39 is 0 Å². The Bertz CT molecular complexity index is 316. The van der Waals surface area contributed by atoms with Gasteiger partial charge in [0.1, 0.15) is 0 Å². The maximum absolute atomic E-state index is 12.1. The molecule has 1 saturated heterocycles. The van der Waals surface area contributed by atoms with E-state index in [2.05, 4.69) is 19.2 Å². The molecule has 1 N–H and O–H groups in total. The molecule has 1 aliphatic carbocycles. The summed E-state index contributed by atoms with van der Waals surface area (Å²) in [4.78, 5) is 23.7. The summed E-state index contributed by atoms with van der Waals surface area (Å²) in [6.07, 6.45) is 8.12. The molecule has 2 amide bonds. The van der Waals surface area contributed by atoms with Gasteiger partial charge in [-0.25, -0.2) is 0 Å². The van der Waals surface area contributed by atoms with Gasteiger partial charge in [-0.3, -0.25) is 14.9 Å². The van der Waals surface area contributed by atoms with Gasteiger partial charge in [0.2, 0.25) is 11.8 Å². The van der Waals surface area contributed by atoms with E-state index in [1.165, 1.54) is 38.5 Å². The predicted octanol–water partition coefficient (Wildman–Crippen LogP) is 2.89. The minimum absolute atomic E-state index is 0.0319. The summed E-state index contributed by atoms with van der Waals surface area (Å²) in [7, 11) is 0. The first-order chi connectivity index (χ1) is 8.59. The Balaban J connectivity index is 2.14. The molecule has 0 bridgehead atoms. The molecule has 0 aromatic carbocycles. The van der Waals surface area contributed by atoms with Crippen LogP contribution in [-0.2, 0) is 9.59 Å². The third-order valence-electron chi connectivity index (χ3n) is 4.67. The fraction of sp³-hybridized carbons (Fsp3) is 0.867. The van der Waals surface area contributed by atoms with Crippen LogP contribution in [0.1, 0.15) is 58.8 Å². The van der Waals surface area contributed by atoms with Crippen LogP contribution in [0.2, 0.25) is 0 Å². The van der Waals surface area contributed by atoms with Crippen LogP contribution in [0.5, 0.6) is 0 Å². The normalized spacial score (nSPS) is 31.3. The van der Waals surface area contributed by atoms with Crippen LogP contribution in [0.15, 0.2) is 0 Å². The molecule has 102 valence electrons. The first kappa shape index (κ1) is 13.6. The lowest BCUT2D eigenvalue weighted by molar-refractivity contribution is -0.142. The Hall–Kier alpha value is -0.860. The summed E-state index contributed by atoms with van der Waals surface area (Å²) in [5.41, 5.74) is 0. The number of piperidine rings is 1. The topological polar surface area (TPSA) is 46.2 Å². The summed E-state index contributed by atoms with van der Waals surface area (Å²) in [6, 6.07) is 0. The van der Waals surface area contributed by atoms with E-state index in [0.29, 0.717) is 18.3 Å². The van der Waals surface area contributed by atoms with Gasteiger partial charge in [0, 0.05) is 12.3 Å². The van der Waals surface area contributed by atoms with Crippen molar-refractivity contribution in [1.29, 1.82) is 0 Å². The van der Waals surface area contributed by atoms with E-state index >= 15 is 0 Å². The van der Waals surface area contributed by atoms with Crippen LogP contribution in [0, 0.1) is 23.7 Å². The fourth-order valence-corrected chi connectivity index (χ4v) is 3.80. The maximum atomic E-state index is 12.1. The van der Waals surface area contributed by atoms with Gasteiger partial charge in [-0.2, -0.15) is 0 Å². The maximum Gasteiger partial charge on any atom is 0.230 e. The Morgan fingerprint density at radius 2 is 1.67 bits per heavy atom. The van der Waals surface area contributed by atoms with Crippen LogP contribution >= 0.6 is 0 Å². The van der Waals surface area contributed by atoms with Gasteiger partial charge in [0.15, 0.2) is 0 Å². The number of amides is 2. The van der Waals surface area contributed by atoms with Crippen LogP contribution < -0.4 is 5.32 Å². The minimum Gasteiger partial charge on any atom is -0.296 e. The van der Waals surface area contributed by atoms with E-state index in [9.17, 15) is 9.59 Å². The number of carbonyl (C=O) groups excluding carboxylic acids is 2. The van der Waals surface area contributed by atoms with Crippen molar-refractivity contribution in [1.82, 2.24) is 5.32 Å². The number of hydrogen-bond acceptors (Lipinski definition) is 2. The van der Waals surface area contributed by atoms with Gasteiger partial charge in [-0.05, 0) is 17.8 Å². The molecule has 3 heteroatoms. The minimum atomic E-state index is -0.0638. The average molecular weight is 251 g/mol. The monoisotopic (exact) mass is 251 g/mol. The lowest BCUT2D eigenvalue weighted by Crippen LogP contribution is -2.49. The van der Waals surface area contributed by atoms with E-state index in [4.69, 9.17) is 0 Å². The van der Waals surface area contributed by atoms with Crippen LogP contribution in [-0.4, -0.2) is 11.8 Å². The molecular weight excluding hydrogens is 226 g/mol. The van der Waals surface area contributed by atoms with Crippen molar-refractivity contribution in [3.8, 4) is 0 Å². The van der Waals surface area contributed by atoms with Crippen molar-refractivity contribution in [2.75, 3.05) is 0 Å². The first-order valence-corrected chi connectivity index (χ1v) is 7.43. The lowest BCUT2D eigenvalue weighted by Gasteiger charge is -2.37. The Labute approximate surface area is 110 Å². The zero-order valence-electron chi connectivity index (χ0n) is 11.6. The quantitative estimate of drug-likeness (QED) is 0.606. The van der Waals surface area contributed by atoms with Gasteiger partial charge in [0.25, 0.3) is 0 Å². The van der Waals surface area contributed by atoms with Gasteiger partial charge in [-0.15, -0.1) is 0 Å².